The number of hydrogen-bond acceptors (Lipinski definition) is 0. The molecule has 0 saturated heterocycles. The van der Waals surface area contributed by atoms with Crippen LogP contribution in [-0.2, 0) is 25.7 Å². The second kappa shape index (κ2) is 15.3. The van der Waals surface area contributed by atoms with Gasteiger partial charge < -0.3 is 0 Å². The van der Waals surface area contributed by atoms with Crippen LogP contribution in [0.4, 0.5) is 0 Å². The van der Waals surface area contributed by atoms with E-state index in [1.54, 1.807) is 22.3 Å². The summed E-state index contributed by atoms with van der Waals surface area (Å²) in [7, 11) is 0. The van der Waals surface area contributed by atoms with Gasteiger partial charge in [-0.1, -0.05) is 65.8 Å². The highest BCUT2D eigenvalue weighted by molar-refractivity contribution is 5.43. The van der Waals surface area contributed by atoms with Crippen LogP contribution < -0.4 is 0 Å². The molecule has 0 fully saturated rings. The van der Waals surface area contributed by atoms with E-state index in [1.165, 1.54) is 67.2 Å². The van der Waals surface area contributed by atoms with Crippen LogP contribution in [0.2, 0.25) is 0 Å². The van der Waals surface area contributed by atoms with Crippen LogP contribution in [0.1, 0.15) is 105 Å². The lowest BCUT2D eigenvalue weighted by atomic mass is 9.86. The van der Waals surface area contributed by atoms with Gasteiger partial charge in [-0.15, -0.1) is 0 Å². The molecule has 2 aliphatic carbocycles. The molecular formula is C29H48. The molecule has 0 nitrogen and oxygen atoms in total. The minimum atomic E-state index is 1.31. The van der Waals surface area contributed by atoms with Crippen LogP contribution in [0.25, 0.3) is 0 Å². The van der Waals surface area contributed by atoms with Crippen molar-refractivity contribution in [2.24, 2.45) is 0 Å². The Hall–Kier alpha value is -1.56. The summed E-state index contributed by atoms with van der Waals surface area (Å²) in [6, 6.07) is 9.03. The van der Waals surface area contributed by atoms with Gasteiger partial charge in [-0.25, -0.2) is 0 Å². The highest BCUT2D eigenvalue weighted by Gasteiger charge is 2.14. The average molecular weight is 397 g/mol. The van der Waals surface area contributed by atoms with Crippen LogP contribution in [-0.4, -0.2) is 0 Å². The summed E-state index contributed by atoms with van der Waals surface area (Å²) in [4.78, 5) is 0. The van der Waals surface area contributed by atoms with Crippen molar-refractivity contribution >= 4 is 0 Å². The highest BCUT2D eigenvalue weighted by atomic mass is 14.2. The molecule has 0 aromatic heterocycles. The molecule has 0 unspecified atom stereocenters. The monoisotopic (exact) mass is 396 g/mol. The van der Waals surface area contributed by atoms with Gasteiger partial charge >= 0.3 is 0 Å². The van der Waals surface area contributed by atoms with Crippen molar-refractivity contribution in [3.05, 3.63) is 68.8 Å². The molecule has 0 spiro atoms. The molecule has 0 aliphatic heterocycles. The molecule has 0 saturated carbocycles. The third kappa shape index (κ3) is 7.65. The largest absolute Gasteiger partial charge is 0.0683 e. The van der Waals surface area contributed by atoms with Gasteiger partial charge in [-0.2, -0.15) is 0 Å². The van der Waals surface area contributed by atoms with Crippen LogP contribution in [0.3, 0.4) is 0 Å². The van der Waals surface area contributed by atoms with Crippen molar-refractivity contribution in [3.63, 3.8) is 0 Å². The Morgan fingerprint density at radius 3 is 0.828 bits per heavy atom. The van der Waals surface area contributed by atoms with E-state index in [1.807, 2.05) is 41.5 Å². The van der Waals surface area contributed by atoms with Gasteiger partial charge in [-0.3, -0.25) is 0 Å². The molecule has 2 aromatic rings. The molecule has 0 radical (unpaired) electrons. The van der Waals surface area contributed by atoms with E-state index in [9.17, 15) is 0 Å². The summed E-state index contributed by atoms with van der Waals surface area (Å²) >= 11 is 0. The Labute approximate surface area is 183 Å². The Morgan fingerprint density at radius 2 is 0.586 bits per heavy atom. The molecular weight excluding hydrogens is 348 g/mol. The van der Waals surface area contributed by atoms with E-state index in [2.05, 4.69) is 52.0 Å². The molecule has 2 aliphatic rings. The van der Waals surface area contributed by atoms with Crippen molar-refractivity contribution in [1.29, 1.82) is 0 Å². The van der Waals surface area contributed by atoms with Gasteiger partial charge in [0.2, 0.25) is 0 Å². The Morgan fingerprint density at radius 1 is 0.379 bits per heavy atom. The van der Waals surface area contributed by atoms with Gasteiger partial charge in [0.25, 0.3) is 0 Å². The van der Waals surface area contributed by atoms with Crippen LogP contribution in [0, 0.1) is 27.7 Å². The first-order valence-electron chi connectivity index (χ1n) is 12.2. The second-order valence-corrected chi connectivity index (χ2v) is 7.37. The van der Waals surface area contributed by atoms with E-state index in [0.717, 1.165) is 0 Å². The van der Waals surface area contributed by atoms with E-state index in [-0.39, 0.29) is 0 Å². The standard InChI is InChI=1S/C12H16.C11H14.3C2H6/c1-9-7-8-10(2)12-6-4-3-5-11(9)12;1-8-6-7-9(2)11-5-3-4-10(8)11;3*1-2/h7-8H,3-6H2,1-2H3;6-7H,3-5H2,1-2H3;3*1-2H3. The molecule has 0 amide bonds. The van der Waals surface area contributed by atoms with E-state index >= 15 is 0 Å². The molecule has 2 aromatic carbocycles. The summed E-state index contributed by atoms with van der Waals surface area (Å²) in [5.74, 6) is 0. The smallest absolute Gasteiger partial charge is 0.0270 e. The predicted molar refractivity (Wildman–Crippen MR) is 135 cm³/mol. The maximum atomic E-state index is 2.26. The zero-order valence-corrected chi connectivity index (χ0v) is 21.3. The summed E-state index contributed by atoms with van der Waals surface area (Å²) in [6.07, 6.45) is 9.37. The molecule has 0 bridgehead atoms. The van der Waals surface area contributed by atoms with Gasteiger partial charge in [0.05, 0.1) is 0 Å². The lowest BCUT2D eigenvalue weighted by Crippen LogP contribution is -2.06. The first-order chi connectivity index (χ1) is 14.1. The van der Waals surface area contributed by atoms with Crippen molar-refractivity contribution in [2.45, 2.75) is 114 Å². The summed E-state index contributed by atoms with van der Waals surface area (Å²) in [5, 5.41) is 0. The number of rotatable bonds is 0. The predicted octanol–water partition coefficient (Wildman–Crippen LogP) is 9.05. The maximum absolute atomic E-state index is 2.26. The molecule has 0 N–H and O–H groups in total. The summed E-state index contributed by atoms with van der Waals surface area (Å²) in [5.41, 5.74) is 12.5. The zero-order chi connectivity index (χ0) is 22.4. The number of fused-ring (bicyclic) bond motifs is 2. The molecule has 29 heavy (non-hydrogen) atoms. The second-order valence-electron chi connectivity index (χ2n) is 7.37. The normalized spacial score (nSPS) is 12.9. The molecule has 0 heterocycles. The van der Waals surface area contributed by atoms with Crippen LogP contribution in [0.5, 0.6) is 0 Å². The molecule has 4 rings (SSSR count). The van der Waals surface area contributed by atoms with Gasteiger partial charge in [0.15, 0.2) is 0 Å². The minimum Gasteiger partial charge on any atom is -0.0683 e. The fourth-order valence-corrected chi connectivity index (χ4v) is 4.29. The van der Waals surface area contributed by atoms with E-state index < -0.39 is 0 Å². The lowest BCUT2D eigenvalue weighted by Gasteiger charge is -2.19. The highest BCUT2D eigenvalue weighted by Crippen LogP contribution is 2.28. The Kier molecular flexibility index (Phi) is 14.5. The van der Waals surface area contributed by atoms with Crippen LogP contribution in [0.15, 0.2) is 24.3 Å². The molecule has 164 valence electrons. The third-order valence-electron chi connectivity index (χ3n) is 5.76. The quantitative estimate of drug-likeness (QED) is 0.416. The van der Waals surface area contributed by atoms with Crippen molar-refractivity contribution < 1.29 is 0 Å². The minimum absolute atomic E-state index is 1.31. The first-order valence-corrected chi connectivity index (χ1v) is 12.2. The fraction of sp³-hybridized carbons (Fsp3) is 0.586. The van der Waals surface area contributed by atoms with Crippen LogP contribution >= 0.6 is 0 Å². The number of aryl methyl sites for hydroxylation is 4. The molecule has 0 heteroatoms. The van der Waals surface area contributed by atoms with Gasteiger partial charge in [0, 0.05) is 0 Å². The van der Waals surface area contributed by atoms with Crippen molar-refractivity contribution in [1.82, 2.24) is 0 Å². The maximum Gasteiger partial charge on any atom is -0.0270 e. The topological polar surface area (TPSA) is 0 Å². The average Bonchev–Trinajstić information content (AvgIpc) is 3.30. The first kappa shape index (κ1) is 27.4. The van der Waals surface area contributed by atoms with Gasteiger partial charge in [0.1, 0.15) is 0 Å². The summed E-state index contributed by atoms with van der Waals surface area (Å²) < 4.78 is 0. The number of benzene rings is 2. The fourth-order valence-electron chi connectivity index (χ4n) is 4.29. The lowest BCUT2D eigenvalue weighted by molar-refractivity contribution is 0.678. The van der Waals surface area contributed by atoms with E-state index in [0.29, 0.717) is 0 Å². The Balaban J connectivity index is 0.000000432. The van der Waals surface area contributed by atoms with Crippen molar-refractivity contribution in [3.8, 4) is 0 Å². The molecule has 0 atom stereocenters. The van der Waals surface area contributed by atoms with Crippen molar-refractivity contribution in [2.75, 3.05) is 0 Å². The van der Waals surface area contributed by atoms with Gasteiger partial charge in [-0.05, 0) is 117 Å². The SMILES string of the molecule is CC.CC.CC.Cc1ccc(C)c2c1CCC2.Cc1ccc(C)c2c1CCCC2. The third-order valence-corrected chi connectivity index (χ3v) is 5.76. The van der Waals surface area contributed by atoms with E-state index in [4.69, 9.17) is 0 Å². The Bertz CT molecular complexity index is 646. The summed E-state index contributed by atoms with van der Waals surface area (Å²) in [6.45, 7) is 20.9. The zero-order valence-electron chi connectivity index (χ0n) is 21.3. The number of hydrogen-bond donors (Lipinski definition) is 0.